The van der Waals surface area contributed by atoms with Crippen LogP contribution < -0.4 is 10.7 Å². The first kappa shape index (κ1) is 19.3. The van der Waals surface area contributed by atoms with Crippen LogP contribution in [0.5, 0.6) is 0 Å². The van der Waals surface area contributed by atoms with Crippen LogP contribution in [-0.4, -0.2) is 10.8 Å². The molecule has 1 atom stereocenters. The van der Waals surface area contributed by atoms with Crippen LogP contribution in [0.3, 0.4) is 0 Å². The van der Waals surface area contributed by atoms with Crippen LogP contribution in [0.4, 0.5) is 10.1 Å². The monoisotopic (exact) mass is 359 g/mol. The van der Waals surface area contributed by atoms with Gasteiger partial charge in [-0.25, -0.2) is 4.39 Å². The Balaban J connectivity index is 1.95. The summed E-state index contributed by atoms with van der Waals surface area (Å²) in [6.45, 7) is 8.70. The summed E-state index contributed by atoms with van der Waals surface area (Å²) in [5.74, 6) is 0.0592. The summed E-state index contributed by atoms with van der Waals surface area (Å²) >= 11 is 5.15. The van der Waals surface area contributed by atoms with E-state index in [4.69, 9.17) is 12.2 Å². The fraction of sp³-hybridized carbons (Fsp3) is 0.400. The van der Waals surface area contributed by atoms with Gasteiger partial charge in [-0.15, -0.1) is 0 Å². The fourth-order valence-electron chi connectivity index (χ4n) is 3.11. The van der Waals surface area contributed by atoms with Crippen molar-refractivity contribution >= 4 is 28.7 Å². The number of benzene rings is 1. The minimum absolute atomic E-state index is 0.255. The third kappa shape index (κ3) is 5.49. The maximum absolute atomic E-state index is 13.6. The molecule has 1 aromatic carbocycles. The number of halogens is 1. The van der Waals surface area contributed by atoms with E-state index in [0.29, 0.717) is 11.6 Å². The quantitative estimate of drug-likeness (QED) is 0.326. The Morgan fingerprint density at radius 2 is 2.08 bits per heavy atom. The maximum Gasteiger partial charge on any atom is 0.191 e. The first-order valence-electron chi connectivity index (χ1n) is 8.50. The molecule has 2 N–H and O–H groups in total. The molecule has 2 rings (SSSR count). The molecule has 0 saturated heterocycles. The van der Waals surface area contributed by atoms with E-state index in [2.05, 4.69) is 48.8 Å². The van der Waals surface area contributed by atoms with Crippen LogP contribution >= 0.6 is 12.2 Å². The number of thiocarbonyl (C=S) groups is 1. The van der Waals surface area contributed by atoms with Gasteiger partial charge in [-0.1, -0.05) is 43.7 Å². The molecule has 0 spiro atoms. The second-order valence-corrected chi connectivity index (χ2v) is 7.52. The molecule has 5 heteroatoms. The van der Waals surface area contributed by atoms with E-state index in [1.807, 2.05) is 13.0 Å². The molecule has 0 aliphatic heterocycles. The Kier molecular flexibility index (Phi) is 6.48. The molecule has 1 unspecified atom stereocenters. The lowest BCUT2D eigenvalue weighted by Crippen LogP contribution is -2.26. The SMILES string of the molecule is CC1=CCCC(C)(C)C1/C=C/C(C)=N/NC(=S)Nc1ccccc1F. The highest BCUT2D eigenvalue weighted by Gasteiger charge is 2.30. The molecule has 1 aliphatic carbocycles. The third-order valence-corrected chi connectivity index (χ3v) is 4.77. The zero-order valence-electron chi connectivity index (χ0n) is 15.3. The van der Waals surface area contributed by atoms with Gasteiger partial charge in [0.25, 0.3) is 0 Å². The van der Waals surface area contributed by atoms with E-state index >= 15 is 0 Å². The van der Waals surface area contributed by atoms with Gasteiger partial charge in [0, 0.05) is 5.92 Å². The largest absolute Gasteiger partial charge is 0.329 e. The maximum atomic E-state index is 13.6. The van der Waals surface area contributed by atoms with Gasteiger partial charge in [-0.3, -0.25) is 5.43 Å². The Labute approximate surface area is 155 Å². The van der Waals surface area contributed by atoms with Crippen molar-refractivity contribution in [2.24, 2.45) is 16.4 Å². The van der Waals surface area contributed by atoms with Crippen LogP contribution in [0.15, 0.2) is 53.2 Å². The van der Waals surface area contributed by atoms with Crippen LogP contribution in [0.1, 0.15) is 40.5 Å². The van der Waals surface area contributed by atoms with Crippen molar-refractivity contribution in [3.05, 3.63) is 53.9 Å². The molecule has 1 aliphatic rings. The van der Waals surface area contributed by atoms with Gasteiger partial charge in [-0.05, 0) is 62.5 Å². The lowest BCUT2D eigenvalue weighted by Gasteiger charge is -2.36. The molecule has 3 nitrogen and oxygen atoms in total. The lowest BCUT2D eigenvalue weighted by atomic mass is 9.68. The topological polar surface area (TPSA) is 36.4 Å². The van der Waals surface area contributed by atoms with E-state index in [-0.39, 0.29) is 16.3 Å². The van der Waals surface area contributed by atoms with Crippen LogP contribution in [0, 0.1) is 17.2 Å². The number of hydrogen-bond acceptors (Lipinski definition) is 2. The molecule has 134 valence electrons. The van der Waals surface area contributed by atoms with Crippen molar-refractivity contribution < 1.29 is 4.39 Å². The number of nitrogens with zero attached hydrogens (tertiary/aromatic N) is 1. The first-order valence-corrected chi connectivity index (χ1v) is 8.91. The second kappa shape index (κ2) is 8.39. The molecule has 0 radical (unpaired) electrons. The summed E-state index contributed by atoms with van der Waals surface area (Å²) in [7, 11) is 0. The van der Waals surface area contributed by atoms with Gasteiger partial charge in [0.1, 0.15) is 5.82 Å². The zero-order chi connectivity index (χ0) is 18.4. The minimum atomic E-state index is -0.353. The zero-order valence-corrected chi connectivity index (χ0v) is 16.1. The highest BCUT2D eigenvalue weighted by Crippen LogP contribution is 2.41. The lowest BCUT2D eigenvalue weighted by molar-refractivity contribution is 0.255. The van der Waals surface area contributed by atoms with E-state index < -0.39 is 0 Å². The van der Waals surface area contributed by atoms with E-state index in [1.54, 1.807) is 18.2 Å². The molecule has 0 amide bonds. The van der Waals surface area contributed by atoms with Crippen molar-refractivity contribution in [3.63, 3.8) is 0 Å². The summed E-state index contributed by atoms with van der Waals surface area (Å²) < 4.78 is 13.6. The Hall–Kier alpha value is -2.01. The first-order chi connectivity index (χ1) is 11.8. The minimum Gasteiger partial charge on any atom is -0.329 e. The van der Waals surface area contributed by atoms with Crippen molar-refractivity contribution in [2.45, 2.75) is 40.5 Å². The highest BCUT2D eigenvalue weighted by molar-refractivity contribution is 7.80. The van der Waals surface area contributed by atoms with Crippen LogP contribution in [0.25, 0.3) is 0 Å². The smallest absolute Gasteiger partial charge is 0.191 e. The number of hydrazone groups is 1. The number of hydrogen-bond donors (Lipinski definition) is 2. The molecule has 0 heterocycles. The summed E-state index contributed by atoms with van der Waals surface area (Å²) in [6, 6.07) is 6.38. The van der Waals surface area contributed by atoms with Crippen molar-refractivity contribution in [2.75, 3.05) is 5.32 Å². The molecule has 0 aromatic heterocycles. The summed E-state index contributed by atoms with van der Waals surface area (Å²) in [5, 5.41) is 7.29. The summed E-state index contributed by atoms with van der Waals surface area (Å²) in [6.07, 6.45) is 8.86. The average Bonchev–Trinajstić information content (AvgIpc) is 2.54. The van der Waals surface area contributed by atoms with Gasteiger partial charge in [0.2, 0.25) is 0 Å². The second-order valence-electron chi connectivity index (χ2n) is 7.11. The number of nitrogens with one attached hydrogen (secondary N) is 2. The van der Waals surface area contributed by atoms with Gasteiger partial charge in [0.05, 0.1) is 11.4 Å². The molecule has 0 fully saturated rings. The van der Waals surface area contributed by atoms with Gasteiger partial charge in [-0.2, -0.15) is 5.10 Å². The third-order valence-electron chi connectivity index (χ3n) is 4.57. The van der Waals surface area contributed by atoms with E-state index in [1.165, 1.54) is 18.1 Å². The average molecular weight is 360 g/mol. The number of para-hydroxylation sites is 1. The molecule has 0 bridgehead atoms. The molecule has 25 heavy (non-hydrogen) atoms. The Morgan fingerprint density at radius 1 is 1.36 bits per heavy atom. The van der Waals surface area contributed by atoms with Crippen LogP contribution in [0.2, 0.25) is 0 Å². The standard InChI is InChI=1S/C20H26FN3S/c1-14-8-7-13-20(3,4)16(14)12-11-15(2)23-24-19(25)22-18-10-6-5-9-17(18)21/h5-6,8-12,16H,7,13H2,1-4H3,(H2,22,24,25)/b12-11+,23-15+. The molecule has 1 aromatic rings. The van der Waals surface area contributed by atoms with Crippen LogP contribution in [-0.2, 0) is 0 Å². The summed E-state index contributed by atoms with van der Waals surface area (Å²) in [4.78, 5) is 0. The number of anilines is 1. The number of rotatable bonds is 4. The normalized spacial score (nSPS) is 20.3. The number of allylic oxidation sites excluding steroid dienone is 4. The van der Waals surface area contributed by atoms with E-state index in [0.717, 1.165) is 12.1 Å². The highest BCUT2D eigenvalue weighted by atomic mass is 32.1. The predicted molar refractivity (Wildman–Crippen MR) is 108 cm³/mol. The fourth-order valence-corrected chi connectivity index (χ4v) is 3.26. The predicted octanol–water partition coefficient (Wildman–Crippen LogP) is 5.43. The van der Waals surface area contributed by atoms with E-state index in [9.17, 15) is 4.39 Å². The van der Waals surface area contributed by atoms with Gasteiger partial charge in [0.15, 0.2) is 5.11 Å². The molecular weight excluding hydrogens is 333 g/mol. The van der Waals surface area contributed by atoms with Gasteiger partial charge >= 0.3 is 0 Å². The van der Waals surface area contributed by atoms with Gasteiger partial charge < -0.3 is 5.32 Å². The van der Waals surface area contributed by atoms with Crippen molar-refractivity contribution in [1.29, 1.82) is 0 Å². The molecule has 0 saturated carbocycles. The Bertz CT molecular complexity index is 719. The summed E-state index contributed by atoms with van der Waals surface area (Å²) in [5.41, 5.74) is 5.55. The Morgan fingerprint density at radius 3 is 2.76 bits per heavy atom. The molecular formula is C20H26FN3S. The van der Waals surface area contributed by atoms with Crippen molar-refractivity contribution in [1.82, 2.24) is 5.43 Å². The van der Waals surface area contributed by atoms with Crippen molar-refractivity contribution in [3.8, 4) is 0 Å².